The Bertz CT molecular complexity index is 457. The molecule has 1 atom stereocenters. The first-order chi connectivity index (χ1) is 8.33. The number of anilines is 2. The molecule has 0 saturated heterocycles. The Labute approximate surface area is 104 Å². The summed E-state index contributed by atoms with van der Waals surface area (Å²) in [4.78, 5) is 9.50. The maximum absolute atomic E-state index is 5.28. The molecule has 2 rings (SSSR count). The van der Waals surface area contributed by atoms with E-state index in [1.54, 1.807) is 17.5 Å². The van der Waals surface area contributed by atoms with Crippen LogP contribution in [0.3, 0.4) is 0 Å². The van der Waals surface area contributed by atoms with Gasteiger partial charge in [0.2, 0.25) is 5.95 Å². The molecular formula is C11H15N5S. The number of nitrogens with one attached hydrogen (secondary N) is 2. The number of hydrazine groups is 1. The number of nitrogen functional groups attached to an aromatic ring is 1. The molecule has 0 radical (unpaired) electrons. The lowest BCUT2D eigenvalue weighted by atomic mass is 10.2. The van der Waals surface area contributed by atoms with E-state index >= 15 is 0 Å². The third-order valence-electron chi connectivity index (χ3n) is 2.40. The second-order valence-corrected chi connectivity index (χ2v) is 4.51. The van der Waals surface area contributed by atoms with Crippen LogP contribution in [0.25, 0.3) is 0 Å². The molecule has 6 heteroatoms. The van der Waals surface area contributed by atoms with E-state index in [0.717, 1.165) is 12.2 Å². The summed E-state index contributed by atoms with van der Waals surface area (Å²) in [7, 11) is 0. The summed E-state index contributed by atoms with van der Waals surface area (Å²) >= 11 is 1.74. The first-order valence-corrected chi connectivity index (χ1v) is 6.31. The van der Waals surface area contributed by atoms with Gasteiger partial charge in [-0.1, -0.05) is 13.0 Å². The standard InChI is InChI=1S/C11H15N5S/c1-2-8(9-4-3-7-17-9)14-10-5-6-13-11(15-10)16-12/h3-8H,2,12H2,1H3,(H2,13,14,15,16). The average Bonchev–Trinajstić information content (AvgIpc) is 2.90. The molecule has 0 bridgehead atoms. The van der Waals surface area contributed by atoms with Crippen LogP contribution in [0.1, 0.15) is 24.3 Å². The first kappa shape index (κ1) is 11.8. The predicted molar refractivity (Wildman–Crippen MR) is 70.8 cm³/mol. The summed E-state index contributed by atoms with van der Waals surface area (Å²) in [6.45, 7) is 2.14. The van der Waals surface area contributed by atoms with Crippen molar-refractivity contribution >= 4 is 23.1 Å². The van der Waals surface area contributed by atoms with E-state index in [0.29, 0.717) is 5.95 Å². The van der Waals surface area contributed by atoms with Crippen LogP contribution in [0.2, 0.25) is 0 Å². The number of nitrogens with two attached hydrogens (primary N) is 1. The van der Waals surface area contributed by atoms with Crippen LogP contribution in [0.5, 0.6) is 0 Å². The van der Waals surface area contributed by atoms with Crippen molar-refractivity contribution in [3.63, 3.8) is 0 Å². The van der Waals surface area contributed by atoms with Gasteiger partial charge in [0.1, 0.15) is 5.82 Å². The molecule has 0 fully saturated rings. The third-order valence-corrected chi connectivity index (χ3v) is 3.39. The van der Waals surface area contributed by atoms with Crippen LogP contribution < -0.4 is 16.6 Å². The molecule has 2 aromatic rings. The molecule has 90 valence electrons. The van der Waals surface area contributed by atoms with Gasteiger partial charge in [0.25, 0.3) is 0 Å². The highest BCUT2D eigenvalue weighted by Gasteiger charge is 2.10. The maximum atomic E-state index is 5.28. The zero-order valence-corrected chi connectivity index (χ0v) is 10.4. The van der Waals surface area contributed by atoms with Crippen LogP contribution in [-0.4, -0.2) is 9.97 Å². The fourth-order valence-corrected chi connectivity index (χ4v) is 2.41. The van der Waals surface area contributed by atoms with E-state index in [1.807, 2.05) is 6.07 Å². The van der Waals surface area contributed by atoms with E-state index in [2.05, 4.69) is 45.1 Å². The summed E-state index contributed by atoms with van der Waals surface area (Å²) in [5, 5.41) is 5.45. The summed E-state index contributed by atoms with van der Waals surface area (Å²) in [6.07, 6.45) is 2.67. The van der Waals surface area contributed by atoms with Gasteiger partial charge in [-0.3, -0.25) is 5.43 Å². The molecule has 2 heterocycles. The molecule has 1 unspecified atom stereocenters. The van der Waals surface area contributed by atoms with Gasteiger partial charge in [-0.05, 0) is 23.9 Å². The zero-order chi connectivity index (χ0) is 12.1. The van der Waals surface area contributed by atoms with Crippen molar-refractivity contribution < 1.29 is 0 Å². The molecule has 0 aromatic carbocycles. The van der Waals surface area contributed by atoms with Crippen molar-refractivity contribution in [1.82, 2.24) is 9.97 Å². The number of aromatic nitrogens is 2. The van der Waals surface area contributed by atoms with Crippen LogP contribution in [0.4, 0.5) is 11.8 Å². The first-order valence-electron chi connectivity index (χ1n) is 5.43. The van der Waals surface area contributed by atoms with Crippen molar-refractivity contribution in [3.05, 3.63) is 34.7 Å². The molecule has 0 aliphatic rings. The van der Waals surface area contributed by atoms with E-state index in [4.69, 9.17) is 5.84 Å². The Morgan fingerprint density at radius 1 is 1.47 bits per heavy atom. The topological polar surface area (TPSA) is 75.9 Å². The molecule has 5 nitrogen and oxygen atoms in total. The van der Waals surface area contributed by atoms with Gasteiger partial charge in [0.05, 0.1) is 6.04 Å². The smallest absolute Gasteiger partial charge is 0.239 e. The predicted octanol–water partition coefficient (Wildman–Crippen LogP) is 2.39. The van der Waals surface area contributed by atoms with E-state index in [1.165, 1.54) is 4.88 Å². The second kappa shape index (κ2) is 5.60. The number of hydrogen-bond acceptors (Lipinski definition) is 6. The number of hydrogen-bond donors (Lipinski definition) is 3. The van der Waals surface area contributed by atoms with Gasteiger partial charge < -0.3 is 5.32 Å². The molecule has 0 saturated carbocycles. The van der Waals surface area contributed by atoms with Gasteiger partial charge in [0.15, 0.2) is 0 Å². The SMILES string of the molecule is CCC(Nc1ccnc(NN)n1)c1cccs1. The minimum atomic E-state index is 0.274. The van der Waals surface area contributed by atoms with Crippen molar-refractivity contribution in [2.24, 2.45) is 5.84 Å². The monoisotopic (exact) mass is 249 g/mol. The minimum absolute atomic E-state index is 0.274. The van der Waals surface area contributed by atoms with Crippen molar-refractivity contribution in [2.45, 2.75) is 19.4 Å². The Hall–Kier alpha value is -1.66. The highest BCUT2D eigenvalue weighted by atomic mass is 32.1. The highest BCUT2D eigenvalue weighted by Crippen LogP contribution is 2.25. The number of rotatable bonds is 5. The zero-order valence-electron chi connectivity index (χ0n) is 9.55. The fraction of sp³-hybridized carbons (Fsp3) is 0.273. The Morgan fingerprint density at radius 3 is 3.00 bits per heavy atom. The molecule has 17 heavy (non-hydrogen) atoms. The number of nitrogens with zero attached hydrogens (tertiary/aromatic N) is 2. The summed E-state index contributed by atoms with van der Waals surface area (Å²) in [6, 6.07) is 6.28. The molecule has 0 aliphatic carbocycles. The van der Waals surface area contributed by atoms with Crippen LogP contribution >= 0.6 is 11.3 Å². The Morgan fingerprint density at radius 2 is 2.35 bits per heavy atom. The summed E-state index contributed by atoms with van der Waals surface area (Å²) in [5.41, 5.74) is 2.43. The molecular weight excluding hydrogens is 234 g/mol. The summed E-state index contributed by atoms with van der Waals surface area (Å²) in [5.74, 6) is 6.46. The van der Waals surface area contributed by atoms with Crippen molar-refractivity contribution in [2.75, 3.05) is 10.7 Å². The summed E-state index contributed by atoms with van der Waals surface area (Å²) < 4.78 is 0. The average molecular weight is 249 g/mol. The minimum Gasteiger partial charge on any atom is -0.362 e. The lowest BCUT2D eigenvalue weighted by molar-refractivity contribution is 0.758. The molecule has 0 aliphatic heterocycles. The van der Waals surface area contributed by atoms with Gasteiger partial charge in [-0.2, -0.15) is 4.98 Å². The van der Waals surface area contributed by atoms with Gasteiger partial charge in [-0.15, -0.1) is 11.3 Å². The van der Waals surface area contributed by atoms with Gasteiger partial charge in [0, 0.05) is 11.1 Å². The Balaban J connectivity index is 2.13. The van der Waals surface area contributed by atoms with E-state index in [-0.39, 0.29) is 6.04 Å². The van der Waals surface area contributed by atoms with Crippen LogP contribution in [-0.2, 0) is 0 Å². The Kier molecular flexibility index (Phi) is 3.89. The molecule has 4 N–H and O–H groups in total. The molecule has 2 aromatic heterocycles. The lowest BCUT2D eigenvalue weighted by Gasteiger charge is -2.16. The maximum Gasteiger partial charge on any atom is 0.239 e. The molecule has 0 spiro atoms. The number of thiophene rings is 1. The van der Waals surface area contributed by atoms with Gasteiger partial charge >= 0.3 is 0 Å². The van der Waals surface area contributed by atoms with Crippen molar-refractivity contribution in [3.8, 4) is 0 Å². The fourth-order valence-electron chi connectivity index (χ4n) is 1.55. The quantitative estimate of drug-likeness (QED) is 0.560. The molecule has 0 amide bonds. The third kappa shape index (κ3) is 2.92. The van der Waals surface area contributed by atoms with E-state index in [9.17, 15) is 0 Å². The normalized spacial score (nSPS) is 12.1. The van der Waals surface area contributed by atoms with Crippen molar-refractivity contribution in [1.29, 1.82) is 0 Å². The lowest BCUT2D eigenvalue weighted by Crippen LogP contribution is -2.13. The van der Waals surface area contributed by atoms with Crippen LogP contribution in [0.15, 0.2) is 29.8 Å². The van der Waals surface area contributed by atoms with E-state index < -0.39 is 0 Å². The largest absolute Gasteiger partial charge is 0.362 e. The second-order valence-electron chi connectivity index (χ2n) is 3.53. The van der Waals surface area contributed by atoms with Crippen LogP contribution in [0, 0.1) is 0 Å². The van der Waals surface area contributed by atoms with Gasteiger partial charge in [-0.25, -0.2) is 10.8 Å². The highest BCUT2D eigenvalue weighted by molar-refractivity contribution is 7.10.